The Bertz CT molecular complexity index is 1320. The molecule has 1 aromatic heterocycles. The van der Waals surface area contributed by atoms with Gasteiger partial charge >= 0.3 is 5.69 Å². The average Bonchev–Trinajstić information content (AvgIpc) is 3.54. The highest BCUT2D eigenvalue weighted by Gasteiger charge is 2.37. The first kappa shape index (κ1) is 23.0. The summed E-state index contributed by atoms with van der Waals surface area (Å²) >= 11 is 0. The van der Waals surface area contributed by atoms with E-state index in [0.29, 0.717) is 23.7 Å². The van der Waals surface area contributed by atoms with Gasteiger partial charge in [0.25, 0.3) is 0 Å². The van der Waals surface area contributed by atoms with Gasteiger partial charge in [0.05, 0.1) is 12.8 Å². The maximum Gasteiger partial charge on any atom is 0.348 e. The van der Waals surface area contributed by atoms with Gasteiger partial charge in [-0.05, 0) is 60.1 Å². The van der Waals surface area contributed by atoms with E-state index in [1.54, 1.807) is 11.7 Å². The van der Waals surface area contributed by atoms with E-state index >= 15 is 0 Å². The number of benzene rings is 2. The maximum absolute atomic E-state index is 12.8. The van der Waals surface area contributed by atoms with Crippen molar-refractivity contribution in [2.45, 2.75) is 25.7 Å². The number of hydrogen-bond donors (Lipinski definition) is 2. The Morgan fingerprint density at radius 2 is 2.00 bits per heavy atom. The van der Waals surface area contributed by atoms with Crippen molar-refractivity contribution in [3.8, 4) is 22.6 Å². The minimum atomic E-state index is -0.303. The average molecular weight is 474 g/mol. The van der Waals surface area contributed by atoms with E-state index in [0.717, 1.165) is 54.7 Å². The Kier molecular flexibility index (Phi) is 6.19. The topological polar surface area (TPSA) is 92.3 Å². The van der Waals surface area contributed by atoms with Crippen molar-refractivity contribution in [2.75, 3.05) is 32.6 Å². The van der Waals surface area contributed by atoms with E-state index in [4.69, 9.17) is 4.74 Å². The number of likely N-dealkylation sites (tertiary alicyclic amines) is 1. The van der Waals surface area contributed by atoms with Crippen LogP contribution in [0.4, 0.5) is 5.69 Å². The lowest BCUT2D eigenvalue weighted by Crippen LogP contribution is -2.30. The summed E-state index contributed by atoms with van der Waals surface area (Å²) in [6.45, 7) is 5.37. The van der Waals surface area contributed by atoms with Crippen LogP contribution in [0, 0.1) is 11.8 Å². The van der Waals surface area contributed by atoms with E-state index in [9.17, 15) is 9.59 Å². The Labute approximate surface area is 204 Å². The first-order valence-corrected chi connectivity index (χ1v) is 12.1. The summed E-state index contributed by atoms with van der Waals surface area (Å²) in [6, 6.07) is 11.9. The number of amides is 1. The third-order valence-corrected chi connectivity index (χ3v) is 7.03. The van der Waals surface area contributed by atoms with E-state index in [1.807, 2.05) is 48.4 Å². The largest absolute Gasteiger partial charge is 0.495 e. The Morgan fingerprint density at radius 3 is 2.71 bits per heavy atom. The zero-order valence-corrected chi connectivity index (χ0v) is 20.2. The first-order chi connectivity index (χ1) is 17.0. The SMILES string of the molecule is C=Cc1ccc(-c2ccc(-n3c(CC4CCN(C(=O)C5CC5)C4)n[nH]c3=O)c(OC)c2)cc1NC. The second-order valence-corrected chi connectivity index (χ2v) is 9.34. The number of carbonyl (C=O) groups is 1. The molecule has 2 N–H and O–H groups in total. The lowest BCUT2D eigenvalue weighted by Gasteiger charge is -2.17. The fraction of sp³-hybridized carbons (Fsp3) is 0.370. The number of carbonyl (C=O) groups excluding carboxylic acids is 1. The fourth-order valence-corrected chi connectivity index (χ4v) is 4.93. The van der Waals surface area contributed by atoms with Crippen LogP contribution in [0.2, 0.25) is 0 Å². The summed E-state index contributed by atoms with van der Waals surface area (Å²) in [6.07, 6.45) is 5.39. The molecule has 1 saturated carbocycles. The molecule has 1 saturated heterocycles. The highest BCUT2D eigenvalue weighted by atomic mass is 16.5. The molecule has 1 unspecified atom stereocenters. The van der Waals surface area contributed by atoms with E-state index in [2.05, 4.69) is 28.2 Å². The van der Waals surface area contributed by atoms with Gasteiger partial charge in [0, 0.05) is 38.2 Å². The molecule has 1 atom stereocenters. The summed E-state index contributed by atoms with van der Waals surface area (Å²) in [5, 5.41) is 10.1. The monoisotopic (exact) mass is 473 g/mol. The molecule has 3 aromatic rings. The highest BCUT2D eigenvalue weighted by molar-refractivity contribution is 5.81. The molecule has 2 aromatic carbocycles. The number of aromatic nitrogens is 3. The Morgan fingerprint density at radius 1 is 1.23 bits per heavy atom. The van der Waals surface area contributed by atoms with Crippen molar-refractivity contribution < 1.29 is 9.53 Å². The molecule has 35 heavy (non-hydrogen) atoms. The van der Waals surface area contributed by atoms with Crippen LogP contribution in [0.5, 0.6) is 5.75 Å². The number of nitrogens with zero attached hydrogens (tertiary/aromatic N) is 3. The van der Waals surface area contributed by atoms with Crippen molar-refractivity contribution in [3.63, 3.8) is 0 Å². The van der Waals surface area contributed by atoms with Crippen LogP contribution in [0.3, 0.4) is 0 Å². The molecule has 1 aliphatic heterocycles. The molecule has 1 aliphatic carbocycles. The molecule has 1 amide bonds. The molecule has 5 rings (SSSR count). The summed E-state index contributed by atoms with van der Waals surface area (Å²) < 4.78 is 7.30. The number of ether oxygens (including phenoxy) is 1. The molecule has 2 heterocycles. The standard InChI is InChI=1S/C27H31N5O3/c1-4-18-5-8-20(14-22(18)28-2)21-9-10-23(24(15-21)35-3)32-25(29-30-27(32)34)13-17-11-12-31(16-17)26(33)19-6-7-19/h4-5,8-10,14-15,17,19,28H,1,6-7,11-13,16H2,2-3H3,(H,30,34). The van der Waals surface area contributed by atoms with Crippen LogP contribution in [-0.2, 0) is 11.2 Å². The van der Waals surface area contributed by atoms with Gasteiger partial charge in [0.1, 0.15) is 11.6 Å². The van der Waals surface area contributed by atoms with Crippen LogP contribution >= 0.6 is 0 Å². The predicted molar refractivity (Wildman–Crippen MR) is 137 cm³/mol. The zero-order valence-electron chi connectivity index (χ0n) is 20.2. The zero-order chi connectivity index (χ0) is 24.5. The minimum absolute atomic E-state index is 0.234. The van der Waals surface area contributed by atoms with Crippen molar-refractivity contribution in [1.29, 1.82) is 0 Å². The molecule has 8 heteroatoms. The summed E-state index contributed by atoms with van der Waals surface area (Å²) in [4.78, 5) is 27.2. The van der Waals surface area contributed by atoms with Gasteiger partial charge < -0.3 is 15.0 Å². The molecule has 182 valence electrons. The predicted octanol–water partition coefficient (Wildman–Crippen LogP) is 3.72. The number of methoxy groups -OCH3 is 1. The van der Waals surface area contributed by atoms with E-state index in [1.165, 1.54) is 0 Å². The van der Waals surface area contributed by atoms with Gasteiger partial charge in [-0.15, -0.1) is 0 Å². The van der Waals surface area contributed by atoms with Crippen molar-refractivity contribution >= 4 is 17.7 Å². The van der Waals surface area contributed by atoms with E-state index in [-0.39, 0.29) is 23.4 Å². The smallest absolute Gasteiger partial charge is 0.348 e. The molecular formula is C27H31N5O3. The van der Waals surface area contributed by atoms with Crippen molar-refractivity contribution in [2.24, 2.45) is 11.8 Å². The quantitative estimate of drug-likeness (QED) is 0.520. The minimum Gasteiger partial charge on any atom is -0.495 e. The Hall–Kier alpha value is -3.81. The second kappa shape index (κ2) is 9.44. The molecule has 8 nitrogen and oxygen atoms in total. The van der Waals surface area contributed by atoms with Crippen LogP contribution in [-0.4, -0.2) is 52.8 Å². The molecule has 0 bridgehead atoms. The summed E-state index contributed by atoms with van der Waals surface area (Å²) in [5.41, 5.74) is 4.35. The number of rotatable bonds is 8. The van der Waals surface area contributed by atoms with Crippen LogP contribution in [0.25, 0.3) is 22.9 Å². The lowest BCUT2D eigenvalue weighted by molar-refractivity contribution is -0.131. The van der Waals surface area contributed by atoms with Gasteiger partial charge in [-0.2, -0.15) is 5.10 Å². The second-order valence-electron chi connectivity index (χ2n) is 9.34. The number of nitrogens with one attached hydrogen (secondary N) is 2. The van der Waals surface area contributed by atoms with Crippen LogP contribution < -0.4 is 15.7 Å². The van der Waals surface area contributed by atoms with Crippen molar-refractivity contribution in [3.05, 3.63) is 64.8 Å². The number of hydrogen-bond acceptors (Lipinski definition) is 5. The summed E-state index contributed by atoms with van der Waals surface area (Å²) in [5.74, 6) is 2.03. The van der Waals surface area contributed by atoms with Gasteiger partial charge in [0.2, 0.25) is 5.91 Å². The molecule has 0 radical (unpaired) electrons. The molecule has 0 spiro atoms. The highest BCUT2D eigenvalue weighted by Crippen LogP contribution is 2.34. The van der Waals surface area contributed by atoms with Gasteiger partial charge in [-0.25, -0.2) is 14.5 Å². The maximum atomic E-state index is 12.8. The molecule has 2 aliphatic rings. The number of anilines is 1. The lowest BCUT2D eigenvalue weighted by atomic mass is 10.0. The van der Waals surface area contributed by atoms with Gasteiger partial charge in [-0.1, -0.05) is 30.9 Å². The fourth-order valence-electron chi connectivity index (χ4n) is 4.93. The Balaban J connectivity index is 1.42. The van der Waals surface area contributed by atoms with E-state index < -0.39 is 0 Å². The van der Waals surface area contributed by atoms with Gasteiger partial charge in [0.15, 0.2) is 0 Å². The van der Waals surface area contributed by atoms with Crippen molar-refractivity contribution in [1.82, 2.24) is 19.7 Å². The third kappa shape index (κ3) is 4.48. The van der Waals surface area contributed by atoms with Crippen LogP contribution in [0.1, 0.15) is 30.7 Å². The first-order valence-electron chi connectivity index (χ1n) is 12.1. The van der Waals surface area contributed by atoms with Crippen LogP contribution in [0.15, 0.2) is 47.8 Å². The number of aromatic amines is 1. The number of H-pyrrole nitrogens is 1. The molecular weight excluding hydrogens is 442 g/mol. The third-order valence-electron chi connectivity index (χ3n) is 7.03. The summed E-state index contributed by atoms with van der Waals surface area (Å²) in [7, 11) is 3.49. The van der Waals surface area contributed by atoms with Gasteiger partial charge in [-0.3, -0.25) is 4.79 Å². The normalized spacial score (nSPS) is 17.4. The molecule has 2 fully saturated rings.